The zero-order valence-corrected chi connectivity index (χ0v) is 13.5. The van der Waals surface area contributed by atoms with E-state index in [1.165, 1.54) is 0 Å². The quantitative estimate of drug-likeness (QED) is 0.799. The van der Waals surface area contributed by atoms with Gasteiger partial charge in [-0.2, -0.15) is 13.2 Å². The van der Waals surface area contributed by atoms with Crippen molar-refractivity contribution in [3.8, 4) is 5.75 Å². The Labute approximate surface area is 134 Å². The fraction of sp³-hybridized carbons (Fsp3) is 0.625. The van der Waals surface area contributed by atoms with Crippen molar-refractivity contribution < 1.29 is 22.6 Å². The highest BCUT2D eigenvalue weighted by Crippen LogP contribution is 2.19. The Hall–Kier alpha value is -1.31. The molecular weight excluding hydrogens is 309 g/mol. The zero-order valence-electron chi connectivity index (χ0n) is 13.5. The number of nitrogens with zero attached hydrogens (tertiary/aromatic N) is 2. The van der Waals surface area contributed by atoms with Gasteiger partial charge in [-0.05, 0) is 31.8 Å². The summed E-state index contributed by atoms with van der Waals surface area (Å²) in [6.45, 7) is 2.78. The molecule has 0 aromatic heterocycles. The first-order valence-electron chi connectivity index (χ1n) is 7.59. The second-order valence-electron chi connectivity index (χ2n) is 6.04. The second-order valence-corrected chi connectivity index (χ2v) is 6.04. The van der Waals surface area contributed by atoms with Gasteiger partial charge in [0.2, 0.25) is 0 Å². The molecule has 1 fully saturated rings. The minimum Gasteiger partial charge on any atom is -0.484 e. The van der Waals surface area contributed by atoms with Crippen LogP contribution in [0.15, 0.2) is 24.3 Å². The Kier molecular flexibility index (Phi) is 6.26. The summed E-state index contributed by atoms with van der Waals surface area (Å²) in [7, 11) is 4.03. The third kappa shape index (κ3) is 6.76. The molecule has 0 unspecified atom stereocenters. The van der Waals surface area contributed by atoms with Gasteiger partial charge in [-0.1, -0.05) is 12.1 Å². The van der Waals surface area contributed by atoms with Gasteiger partial charge in [-0.3, -0.25) is 4.90 Å². The predicted molar refractivity (Wildman–Crippen MR) is 81.6 cm³/mol. The summed E-state index contributed by atoms with van der Waals surface area (Å²) in [4.78, 5) is 4.39. The van der Waals surface area contributed by atoms with Gasteiger partial charge in [-0.25, -0.2) is 0 Å². The summed E-state index contributed by atoms with van der Waals surface area (Å²) in [5.74, 6) is 0.235. The number of morpholine rings is 1. The number of benzene rings is 1. The number of hydrogen-bond donors (Lipinski definition) is 0. The monoisotopic (exact) mass is 332 g/mol. The van der Waals surface area contributed by atoms with Crippen LogP contribution in [0.4, 0.5) is 13.2 Å². The lowest BCUT2D eigenvalue weighted by Crippen LogP contribution is -2.45. The highest BCUT2D eigenvalue weighted by molar-refractivity contribution is 5.27. The molecule has 1 aromatic carbocycles. The molecule has 4 nitrogen and oxygen atoms in total. The molecule has 1 atom stereocenters. The Morgan fingerprint density at radius 1 is 1.26 bits per heavy atom. The molecule has 1 aliphatic rings. The van der Waals surface area contributed by atoms with Gasteiger partial charge in [0.05, 0.1) is 12.7 Å². The van der Waals surface area contributed by atoms with Crippen LogP contribution in [-0.4, -0.2) is 69.0 Å². The molecule has 0 aliphatic carbocycles. The van der Waals surface area contributed by atoms with Crippen LogP contribution in [0.2, 0.25) is 0 Å². The molecule has 1 aromatic rings. The summed E-state index contributed by atoms with van der Waals surface area (Å²) in [5.41, 5.74) is 1.05. The smallest absolute Gasteiger partial charge is 0.422 e. The molecule has 0 amide bonds. The van der Waals surface area contributed by atoms with Gasteiger partial charge >= 0.3 is 6.18 Å². The van der Waals surface area contributed by atoms with Crippen molar-refractivity contribution >= 4 is 0 Å². The molecule has 23 heavy (non-hydrogen) atoms. The van der Waals surface area contributed by atoms with Crippen LogP contribution in [-0.2, 0) is 11.3 Å². The molecule has 1 saturated heterocycles. The second kappa shape index (κ2) is 7.99. The molecule has 0 radical (unpaired) electrons. The summed E-state index contributed by atoms with van der Waals surface area (Å²) in [6.07, 6.45) is -4.12. The van der Waals surface area contributed by atoms with Crippen LogP contribution in [0.25, 0.3) is 0 Å². The van der Waals surface area contributed by atoms with Gasteiger partial charge in [0.25, 0.3) is 0 Å². The first kappa shape index (κ1) is 18.0. The first-order valence-corrected chi connectivity index (χ1v) is 7.59. The van der Waals surface area contributed by atoms with E-state index in [2.05, 4.69) is 9.80 Å². The average molecular weight is 332 g/mol. The number of hydrogen-bond acceptors (Lipinski definition) is 4. The van der Waals surface area contributed by atoms with E-state index < -0.39 is 12.8 Å². The first-order chi connectivity index (χ1) is 10.8. The van der Waals surface area contributed by atoms with E-state index in [4.69, 9.17) is 9.47 Å². The summed E-state index contributed by atoms with van der Waals surface area (Å²) in [5, 5.41) is 0. The molecule has 0 spiro atoms. The van der Waals surface area contributed by atoms with E-state index >= 15 is 0 Å². The maximum absolute atomic E-state index is 12.1. The van der Waals surface area contributed by atoms with E-state index in [-0.39, 0.29) is 11.9 Å². The van der Waals surface area contributed by atoms with Crippen LogP contribution in [0.3, 0.4) is 0 Å². The molecular formula is C16H23F3N2O2. The van der Waals surface area contributed by atoms with Crippen LogP contribution in [0, 0.1) is 0 Å². The van der Waals surface area contributed by atoms with Gasteiger partial charge in [-0.15, -0.1) is 0 Å². The van der Waals surface area contributed by atoms with Crippen molar-refractivity contribution in [1.82, 2.24) is 9.80 Å². The maximum atomic E-state index is 12.1. The van der Waals surface area contributed by atoms with Gasteiger partial charge in [0, 0.05) is 26.2 Å². The molecule has 2 rings (SSSR count). The van der Waals surface area contributed by atoms with E-state index in [1.54, 1.807) is 12.1 Å². The van der Waals surface area contributed by atoms with Crippen molar-refractivity contribution in [3.63, 3.8) is 0 Å². The largest absolute Gasteiger partial charge is 0.484 e. The highest BCUT2D eigenvalue weighted by Gasteiger charge is 2.28. The highest BCUT2D eigenvalue weighted by atomic mass is 19.4. The molecule has 0 saturated carbocycles. The molecule has 0 bridgehead atoms. The number of rotatable bonds is 6. The van der Waals surface area contributed by atoms with Crippen LogP contribution < -0.4 is 4.74 Å². The Balaban J connectivity index is 1.83. The van der Waals surface area contributed by atoms with Gasteiger partial charge < -0.3 is 14.4 Å². The van der Waals surface area contributed by atoms with Crippen LogP contribution in [0.1, 0.15) is 5.56 Å². The fourth-order valence-corrected chi connectivity index (χ4v) is 2.56. The lowest BCUT2D eigenvalue weighted by molar-refractivity contribution is -0.153. The summed E-state index contributed by atoms with van der Waals surface area (Å²) in [6, 6.07) is 6.78. The van der Waals surface area contributed by atoms with Crippen LogP contribution in [0.5, 0.6) is 5.75 Å². The van der Waals surface area contributed by atoms with Crippen molar-refractivity contribution in [2.24, 2.45) is 0 Å². The van der Waals surface area contributed by atoms with Crippen molar-refractivity contribution in [2.45, 2.75) is 18.8 Å². The van der Waals surface area contributed by atoms with Crippen molar-refractivity contribution in [3.05, 3.63) is 29.8 Å². The number of ether oxygens (including phenoxy) is 2. The van der Waals surface area contributed by atoms with Crippen molar-refractivity contribution in [2.75, 3.05) is 46.9 Å². The Bertz CT molecular complexity index is 477. The third-order valence-corrected chi connectivity index (χ3v) is 3.52. The van der Waals surface area contributed by atoms with E-state index in [1.807, 2.05) is 26.2 Å². The molecule has 0 N–H and O–H groups in total. The minimum absolute atomic E-state index is 0.188. The van der Waals surface area contributed by atoms with Crippen molar-refractivity contribution in [1.29, 1.82) is 0 Å². The molecule has 130 valence electrons. The Morgan fingerprint density at radius 3 is 2.57 bits per heavy atom. The molecule has 1 aliphatic heterocycles. The topological polar surface area (TPSA) is 24.9 Å². The van der Waals surface area contributed by atoms with E-state index in [0.717, 1.165) is 31.7 Å². The van der Waals surface area contributed by atoms with Gasteiger partial charge in [0.15, 0.2) is 6.61 Å². The molecule has 1 heterocycles. The predicted octanol–water partition coefficient (Wildman–Crippen LogP) is 2.39. The summed E-state index contributed by atoms with van der Waals surface area (Å²) < 4.78 is 46.8. The Morgan fingerprint density at radius 2 is 1.96 bits per heavy atom. The van der Waals surface area contributed by atoms with Gasteiger partial charge in [0.1, 0.15) is 5.75 Å². The maximum Gasteiger partial charge on any atom is 0.422 e. The number of likely N-dealkylation sites (N-methyl/N-ethyl adjacent to an activating group) is 1. The average Bonchev–Trinajstić information content (AvgIpc) is 2.45. The number of halogens is 3. The third-order valence-electron chi connectivity index (χ3n) is 3.52. The zero-order chi connectivity index (χ0) is 16.9. The van der Waals surface area contributed by atoms with E-state index in [0.29, 0.717) is 6.61 Å². The summed E-state index contributed by atoms with van der Waals surface area (Å²) >= 11 is 0. The SMILES string of the molecule is CN(C)C[C@@H]1CN(Cc2ccc(OCC(F)(F)F)cc2)CCO1. The standard InChI is InChI=1S/C16H23F3N2O2/c1-20(2)10-15-11-21(7-8-22-15)9-13-3-5-14(6-4-13)23-12-16(17,18)19/h3-6,15H,7-12H2,1-2H3/t15-/m1/s1. The van der Waals surface area contributed by atoms with E-state index in [9.17, 15) is 13.2 Å². The minimum atomic E-state index is -4.31. The molecule has 7 heteroatoms. The number of alkyl halides is 3. The lowest BCUT2D eigenvalue weighted by atomic mass is 10.1. The lowest BCUT2D eigenvalue weighted by Gasteiger charge is -2.34. The normalized spacial score (nSPS) is 20.0. The van der Waals surface area contributed by atoms with Crippen LogP contribution >= 0.6 is 0 Å². The fourth-order valence-electron chi connectivity index (χ4n) is 2.56.